The molecule has 0 bridgehead atoms. The molecule has 0 rings (SSSR count). The maximum atomic E-state index is 12.2. The largest absolute Gasteiger partial charge is 0.467 e. The zero-order chi connectivity index (χ0) is 17.3. The Hall–Kier alpha value is -1.92. The van der Waals surface area contributed by atoms with Crippen LogP contribution >= 0.6 is 0 Å². The Morgan fingerprint density at radius 3 is 2.09 bits per heavy atom. The fourth-order valence-corrected chi connectivity index (χ4v) is 1.89. The molecular weight excluding hydrogens is 288 g/mol. The van der Waals surface area contributed by atoms with Crippen molar-refractivity contribution in [2.24, 2.45) is 5.92 Å². The van der Waals surface area contributed by atoms with Crippen LogP contribution in [-0.2, 0) is 23.9 Å². The van der Waals surface area contributed by atoms with Gasteiger partial charge < -0.3 is 15.4 Å². The number of rotatable bonds is 9. The van der Waals surface area contributed by atoms with Crippen molar-refractivity contribution >= 4 is 23.6 Å². The number of Topliss-reactive ketones (excluding diaryl/α,β-unsaturated/α-hetero) is 1. The van der Waals surface area contributed by atoms with Crippen LogP contribution in [0.4, 0.5) is 0 Å². The van der Waals surface area contributed by atoms with E-state index in [1.807, 2.05) is 0 Å². The lowest BCUT2D eigenvalue weighted by molar-refractivity contribution is -0.145. The van der Waals surface area contributed by atoms with Gasteiger partial charge in [0.05, 0.1) is 7.11 Å². The number of carbonyl (C=O) groups excluding carboxylic acids is 4. The molecule has 0 radical (unpaired) electrons. The third-order valence-electron chi connectivity index (χ3n) is 3.22. The molecule has 0 saturated carbocycles. The van der Waals surface area contributed by atoms with Crippen LogP contribution in [0.1, 0.15) is 47.0 Å². The second-order valence-electron chi connectivity index (χ2n) is 5.44. The summed E-state index contributed by atoms with van der Waals surface area (Å²) in [4.78, 5) is 46.5. The average molecular weight is 314 g/mol. The number of ketones is 1. The van der Waals surface area contributed by atoms with Gasteiger partial charge in [-0.3, -0.25) is 14.4 Å². The van der Waals surface area contributed by atoms with E-state index in [-0.39, 0.29) is 30.4 Å². The Labute approximate surface area is 131 Å². The van der Waals surface area contributed by atoms with Crippen LogP contribution in [0.15, 0.2) is 0 Å². The fraction of sp³-hybridized carbons (Fsp3) is 0.733. The topological polar surface area (TPSA) is 102 Å². The molecule has 22 heavy (non-hydrogen) atoms. The number of esters is 1. The second-order valence-corrected chi connectivity index (χ2v) is 5.44. The summed E-state index contributed by atoms with van der Waals surface area (Å²) >= 11 is 0. The normalized spacial score (nSPS) is 13.2. The van der Waals surface area contributed by atoms with E-state index in [0.29, 0.717) is 6.42 Å². The van der Waals surface area contributed by atoms with E-state index in [4.69, 9.17) is 0 Å². The van der Waals surface area contributed by atoms with E-state index >= 15 is 0 Å². The molecule has 0 aromatic rings. The van der Waals surface area contributed by atoms with Crippen molar-refractivity contribution in [2.75, 3.05) is 7.11 Å². The number of ether oxygens (including phenoxy) is 1. The summed E-state index contributed by atoms with van der Waals surface area (Å²) < 4.78 is 4.65. The summed E-state index contributed by atoms with van der Waals surface area (Å²) in [5.74, 6) is -1.54. The van der Waals surface area contributed by atoms with E-state index in [2.05, 4.69) is 15.4 Å². The maximum absolute atomic E-state index is 12.2. The first kappa shape index (κ1) is 20.1. The predicted octanol–water partition coefficient (Wildman–Crippen LogP) is 0.564. The van der Waals surface area contributed by atoms with E-state index in [0.717, 1.165) is 0 Å². The van der Waals surface area contributed by atoms with Crippen LogP contribution in [0.2, 0.25) is 0 Å². The quantitative estimate of drug-likeness (QED) is 0.606. The molecule has 0 aliphatic rings. The van der Waals surface area contributed by atoms with Gasteiger partial charge in [-0.1, -0.05) is 20.8 Å². The predicted molar refractivity (Wildman–Crippen MR) is 80.9 cm³/mol. The number of amides is 2. The third kappa shape index (κ3) is 7.19. The molecule has 2 atom stereocenters. The average Bonchev–Trinajstić information content (AvgIpc) is 2.46. The molecule has 0 saturated heterocycles. The van der Waals surface area contributed by atoms with Crippen molar-refractivity contribution in [3.05, 3.63) is 0 Å². The molecule has 126 valence electrons. The Kier molecular flexibility index (Phi) is 9.05. The number of methoxy groups -OCH3 is 1. The van der Waals surface area contributed by atoms with Crippen molar-refractivity contribution in [3.63, 3.8) is 0 Å². The lowest BCUT2D eigenvalue weighted by Gasteiger charge is -2.24. The molecule has 0 aromatic carbocycles. The van der Waals surface area contributed by atoms with Gasteiger partial charge >= 0.3 is 5.97 Å². The van der Waals surface area contributed by atoms with Gasteiger partial charge in [-0.15, -0.1) is 0 Å². The van der Waals surface area contributed by atoms with Crippen molar-refractivity contribution in [1.29, 1.82) is 0 Å². The summed E-state index contributed by atoms with van der Waals surface area (Å²) in [7, 11) is 1.22. The van der Waals surface area contributed by atoms with Crippen molar-refractivity contribution in [3.8, 4) is 0 Å². The maximum Gasteiger partial charge on any atom is 0.328 e. The minimum Gasteiger partial charge on any atom is -0.467 e. The van der Waals surface area contributed by atoms with Crippen molar-refractivity contribution in [1.82, 2.24) is 10.6 Å². The van der Waals surface area contributed by atoms with Gasteiger partial charge in [0.1, 0.15) is 17.9 Å². The van der Waals surface area contributed by atoms with E-state index < -0.39 is 24.0 Å². The number of hydrogen-bond acceptors (Lipinski definition) is 5. The third-order valence-corrected chi connectivity index (χ3v) is 3.22. The lowest BCUT2D eigenvalue weighted by atomic mass is 10.0. The summed E-state index contributed by atoms with van der Waals surface area (Å²) in [5, 5.41) is 5.10. The highest BCUT2D eigenvalue weighted by Crippen LogP contribution is 2.06. The first-order valence-corrected chi connectivity index (χ1v) is 7.39. The second kappa shape index (κ2) is 9.92. The van der Waals surface area contributed by atoms with Crippen LogP contribution in [0.3, 0.4) is 0 Å². The van der Waals surface area contributed by atoms with Gasteiger partial charge in [-0.25, -0.2) is 4.79 Å². The zero-order valence-electron chi connectivity index (χ0n) is 13.9. The Balaban J connectivity index is 4.87. The molecule has 0 aromatic heterocycles. The molecule has 7 heteroatoms. The molecular formula is C15H26N2O5. The molecule has 0 spiro atoms. The number of hydrogen-bond donors (Lipinski definition) is 2. The summed E-state index contributed by atoms with van der Waals surface area (Å²) in [6.45, 7) is 6.63. The SMILES string of the molecule is CCC(=O)CC[C@@H](NC(=O)[C@H](NC(C)=O)C(C)C)C(=O)OC. The van der Waals surface area contributed by atoms with Gasteiger partial charge in [0, 0.05) is 19.8 Å². The van der Waals surface area contributed by atoms with Crippen LogP contribution in [-0.4, -0.2) is 42.8 Å². The Morgan fingerprint density at radius 2 is 1.68 bits per heavy atom. The van der Waals surface area contributed by atoms with Crippen LogP contribution in [0.5, 0.6) is 0 Å². The van der Waals surface area contributed by atoms with Gasteiger partial charge in [0.25, 0.3) is 0 Å². The monoisotopic (exact) mass is 314 g/mol. The van der Waals surface area contributed by atoms with E-state index in [9.17, 15) is 19.2 Å². The minimum atomic E-state index is -0.900. The van der Waals surface area contributed by atoms with E-state index in [1.54, 1.807) is 20.8 Å². The van der Waals surface area contributed by atoms with Crippen molar-refractivity contribution in [2.45, 2.75) is 59.0 Å². The van der Waals surface area contributed by atoms with Gasteiger partial charge in [-0.2, -0.15) is 0 Å². The van der Waals surface area contributed by atoms with Crippen LogP contribution in [0.25, 0.3) is 0 Å². The molecule has 0 heterocycles. The van der Waals surface area contributed by atoms with Gasteiger partial charge in [0.2, 0.25) is 11.8 Å². The molecule has 0 fully saturated rings. The molecule has 0 unspecified atom stereocenters. The highest BCUT2D eigenvalue weighted by molar-refractivity contribution is 5.90. The first-order valence-electron chi connectivity index (χ1n) is 7.39. The number of nitrogens with one attached hydrogen (secondary N) is 2. The first-order chi connectivity index (χ1) is 10.2. The standard InChI is InChI=1S/C15H26N2O5/c1-6-11(19)7-8-12(15(21)22-5)17-14(20)13(9(2)3)16-10(4)18/h9,12-13H,6-8H2,1-5H3,(H,16,18)(H,17,20)/t12-,13-/m1/s1. The van der Waals surface area contributed by atoms with Crippen LogP contribution < -0.4 is 10.6 Å². The summed E-state index contributed by atoms with van der Waals surface area (Å²) in [6.07, 6.45) is 0.737. The minimum absolute atomic E-state index is 0.00502. The highest BCUT2D eigenvalue weighted by Gasteiger charge is 2.28. The van der Waals surface area contributed by atoms with Gasteiger partial charge in [0.15, 0.2) is 0 Å². The van der Waals surface area contributed by atoms with E-state index in [1.165, 1.54) is 14.0 Å². The van der Waals surface area contributed by atoms with Gasteiger partial charge in [-0.05, 0) is 12.3 Å². The zero-order valence-corrected chi connectivity index (χ0v) is 13.9. The molecule has 7 nitrogen and oxygen atoms in total. The smallest absolute Gasteiger partial charge is 0.328 e. The molecule has 0 aliphatic heterocycles. The van der Waals surface area contributed by atoms with Crippen molar-refractivity contribution < 1.29 is 23.9 Å². The van der Waals surface area contributed by atoms with Crippen LogP contribution in [0, 0.1) is 5.92 Å². The Bertz CT molecular complexity index is 420. The summed E-state index contributed by atoms with van der Waals surface area (Å²) in [5.41, 5.74) is 0. The molecule has 2 N–H and O–H groups in total. The molecule has 2 amide bonds. The molecule has 0 aliphatic carbocycles. The fourth-order valence-electron chi connectivity index (χ4n) is 1.89. The number of carbonyl (C=O) groups is 4. The summed E-state index contributed by atoms with van der Waals surface area (Å²) in [6, 6.07) is -1.64. The lowest BCUT2D eigenvalue weighted by Crippen LogP contribution is -2.53. The highest BCUT2D eigenvalue weighted by atomic mass is 16.5. The Morgan fingerprint density at radius 1 is 1.09 bits per heavy atom.